The van der Waals surface area contributed by atoms with Gasteiger partial charge in [-0.15, -0.1) is 5.54 Å². The van der Waals surface area contributed by atoms with Crippen LogP contribution in [0.3, 0.4) is 0 Å². The van der Waals surface area contributed by atoms with Crippen molar-refractivity contribution in [3.63, 3.8) is 0 Å². The molecular formula is C13H22Cl2NTi. The van der Waals surface area contributed by atoms with Crippen LogP contribution in [0.5, 0.6) is 0 Å². The first-order valence-corrected chi connectivity index (χ1v) is 5.27. The maximum absolute atomic E-state index is 4.89. The van der Waals surface area contributed by atoms with Crippen molar-refractivity contribution in [2.24, 2.45) is 0 Å². The zero-order valence-electron chi connectivity index (χ0n) is 11.8. The van der Waals surface area contributed by atoms with Gasteiger partial charge < -0.3 is 30.1 Å². The molecule has 0 heterocycles. The number of rotatable bonds is 1. The molecule has 0 aromatic rings. The Balaban J connectivity index is -0.000000653. The van der Waals surface area contributed by atoms with Crippen molar-refractivity contribution in [3.05, 3.63) is 28.1 Å². The SMILES string of the molecule is CC1=CC(C)([N-]C(C)(C)C)C(C)=C1C.[Cl-].[Cl-].[Ti+3]. The predicted octanol–water partition coefficient (Wildman–Crippen LogP) is -1.78. The van der Waals surface area contributed by atoms with Crippen LogP contribution in [-0.2, 0) is 21.7 Å². The third kappa shape index (κ3) is 5.49. The zero-order chi connectivity index (χ0) is 11.1. The van der Waals surface area contributed by atoms with Crippen LogP contribution in [0.15, 0.2) is 22.8 Å². The average molecular weight is 311 g/mol. The summed E-state index contributed by atoms with van der Waals surface area (Å²) in [7, 11) is 0. The van der Waals surface area contributed by atoms with Gasteiger partial charge in [0.15, 0.2) is 0 Å². The number of hydrogen-bond acceptors (Lipinski definition) is 0. The van der Waals surface area contributed by atoms with Gasteiger partial charge >= 0.3 is 21.7 Å². The number of hydrogen-bond donors (Lipinski definition) is 0. The van der Waals surface area contributed by atoms with Gasteiger partial charge in [0.25, 0.3) is 0 Å². The molecule has 1 atom stereocenters. The van der Waals surface area contributed by atoms with E-state index in [0.717, 1.165) is 0 Å². The van der Waals surface area contributed by atoms with E-state index in [4.69, 9.17) is 5.32 Å². The number of allylic oxidation sites excluding steroid dienone is 2. The number of halogens is 2. The molecule has 0 fully saturated rings. The van der Waals surface area contributed by atoms with E-state index in [1.54, 1.807) is 0 Å². The molecule has 17 heavy (non-hydrogen) atoms. The Morgan fingerprint density at radius 3 is 1.71 bits per heavy atom. The minimum Gasteiger partial charge on any atom is -1.00 e. The van der Waals surface area contributed by atoms with Crippen LogP contribution in [0, 0.1) is 0 Å². The first kappa shape index (κ1) is 22.9. The minimum atomic E-state index is -0.0770. The molecule has 1 radical (unpaired) electrons. The van der Waals surface area contributed by atoms with Crippen LogP contribution in [0.1, 0.15) is 48.5 Å². The molecule has 0 spiro atoms. The van der Waals surface area contributed by atoms with E-state index in [9.17, 15) is 0 Å². The van der Waals surface area contributed by atoms with E-state index < -0.39 is 0 Å². The van der Waals surface area contributed by atoms with Gasteiger partial charge in [-0.1, -0.05) is 56.0 Å². The Morgan fingerprint density at radius 2 is 1.47 bits per heavy atom. The van der Waals surface area contributed by atoms with Crippen LogP contribution in [0.4, 0.5) is 0 Å². The fourth-order valence-electron chi connectivity index (χ4n) is 2.13. The Hall–Kier alpha value is 0.734. The summed E-state index contributed by atoms with van der Waals surface area (Å²) in [5.41, 5.74) is 4.12. The maximum atomic E-state index is 4.89. The van der Waals surface area contributed by atoms with Crippen molar-refractivity contribution in [1.29, 1.82) is 0 Å². The van der Waals surface area contributed by atoms with Gasteiger partial charge in [0.1, 0.15) is 0 Å². The van der Waals surface area contributed by atoms with Crippen LogP contribution in [0.2, 0.25) is 0 Å². The van der Waals surface area contributed by atoms with E-state index in [1.807, 2.05) is 0 Å². The van der Waals surface area contributed by atoms with Gasteiger partial charge in [-0.3, -0.25) is 0 Å². The Bertz CT molecular complexity index is 316. The molecule has 0 saturated carbocycles. The average Bonchev–Trinajstić information content (AvgIpc) is 2.11. The number of nitrogens with zero attached hydrogens (tertiary/aromatic N) is 1. The third-order valence-corrected chi connectivity index (χ3v) is 2.98. The molecule has 0 aliphatic heterocycles. The van der Waals surface area contributed by atoms with E-state index >= 15 is 0 Å². The van der Waals surface area contributed by atoms with Crippen molar-refractivity contribution in [1.82, 2.24) is 0 Å². The Labute approximate surface area is 134 Å². The van der Waals surface area contributed by atoms with Crippen LogP contribution < -0.4 is 24.8 Å². The van der Waals surface area contributed by atoms with Gasteiger partial charge in [0.2, 0.25) is 0 Å². The van der Waals surface area contributed by atoms with E-state index in [2.05, 4.69) is 54.5 Å². The van der Waals surface area contributed by atoms with Gasteiger partial charge in [-0.2, -0.15) is 0 Å². The molecule has 0 amide bonds. The fraction of sp³-hybridized carbons (Fsp3) is 0.692. The molecule has 4 heteroatoms. The molecule has 0 saturated heterocycles. The van der Waals surface area contributed by atoms with Gasteiger partial charge in [-0.25, -0.2) is 0 Å². The molecule has 97 valence electrons. The normalized spacial score (nSPS) is 23.4. The molecular weight excluding hydrogens is 289 g/mol. The van der Waals surface area contributed by atoms with Crippen molar-refractivity contribution in [2.75, 3.05) is 0 Å². The quantitative estimate of drug-likeness (QED) is 0.509. The molecule has 1 nitrogen and oxygen atoms in total. The summed E-state index contributed by atoms with van der Waals surface area (Å²) in [5.74, 6) is 0. The molecule has 1 aliphatic rings. The molecule has 0 aromatic carbocycles. The summed E-state index contributed by atoms with van der Waals surface area (Å²) >= 11 is 0. The molecule has 0 aromatic heterocycles. The smallest absolute Gasteiger partial charge is 1.00 e. The second-order valence-corrected chi connectivity index (χ2v) is 5.51. The van der Waals surface area contributed by atoms with Crippen molar-refractivity contribution in [3.8, 4) is 0 Å². The summed E-state index contributed by atoms with van der Waals surface area (Å²) in [6, 6.07) is 0. The van der Waals surface area contributed by atoms with E-state index in [-0.39, 0.29) is 57.6 Å². The summed E-state index contributed by atoms with van der Waals surface area (Å²) in [4.78, 5) is 0. The molecule has 1 rings (SSSR count). The summed E-state index contributed by atoms with van der Waals surface area (Å²) in [6.45, 7) is 15.2. The first-order chi connectivity index (χ1) is 6.16. The van der Waals surface area contributed by atoms with Gasteiger partial charge in [0.05, 0.1) is 0 Å². The largest absolute Gasteiger partial charge is 3.00 e. The molecule has 0 N–H and O–H groups in total. The van der Waals surface area contributed by atoms with E-state index in [0.29, 0.717) is 0 Å². The van der Waals surface area contributed by atoms with Gasteiger partial charge in [0, 0.05) is 0 Å². The minimum absolute atomic E-state index is 0. The Morgan fingerprint density at radius 1 is 1.06 bits per heavy atom. The third-order valence-electron chi connectivity index (χ3n) is 2.98. The van der Waals surface area contributed by atoms with Crippen molar-refractivity contribution in [2.45, 2.75) is 59.5 Å². The predicted molar refractivity (Wildman–Crippen MR) is 63.6 cm³/mol. The van der Waals surface area contributed by atoms with Crippen LogP contribution in [-0.4, -0.2) is 11.1 Å². The molecule has 1 unspecified atom stereocenters. The summed E-state index contributed by atoms with van der Waals surface area (Å²) in [5, 5.41) is 4.89. The van der Waals surface area contributed by atoms with E-state index in [1.165, 1.54) is 16.7 Å². The van der Waals surface area contributed by atoms with Crippen LogP contribution >= 0.6 is 0 Å². The second kappa shape index (κ2) is 7.35. The van der Waals surface area contributed by atoms with Crippen molar-refractivity contribution < 1.29 is 46.5 Å². The van der Waals surface area contributed by atoms with Gasteiger partial charge in [-0.05, 0) is 20.8 Å². The van der Waals surface area contributed by atoms with Crippen LogP contribution in [0.25, 0.3) is 5.32 Å². The monoisotopic (exact) mass is 310 g/mol. The summed E-state index contributed by atoms with van der Waals surface area (Å²) in [6.07, 6.45) is 2.28. The second-order valence-electron chi connectivity index (χ2n) is 5.51. The Kier molecular flexibility index (Phi) is 9.90. The fourth-order valence-corrected chi connectivity index (χ4v) is 2.13. The maximum Gasteiger partial charge on any atom is 3.00 e. The van der Waals surface area contributed by atoms with Crippen molar-refractivity contribution >= 4 is 0 Å². The standard InChI is InChI=1S/C13H22N.2ClH.Ti/c1-9-8-13(7,11(3)10(9)2)14-12(4,5)6;;;/h8H,1-7H3;2*1H;/q-1;;;+3/p-2. The zero-order valence-corrected chi connectivity index (χ0v) is 14.9. The summed E-state index contributed by atoms with van der Waals surface area (Å²) < 4.78 is 0. The molecule has 1 aliphatic carbocycles. The first-order valence-electron chi connectivity index (χ1n) is 5.27. The molecule has 0 bridgehead atoms. The topological polar surface area (TPSA) is 14.1 Å².